The van der Waals surface area contributed by atoms with Crippen LogP contribution < -0.4 is 0 Å². The van der Waals surface area contributed by atoms with Gasteiger partial charge in [0.1, 0.15) is 16.7 Å². The van der Waals surface area contributed by atoms with Crippen LogP contribution in [0, 0.1) is 11.6 Å². The van der Waals surface area contributed by atoms with Crippen LogP contribution in [0.1, 0.15) is 56.9 Å². The van der Waals surface area contributed by atoms with Crippen LogP contribution in [0.15, 0.2) is 52.5 Å². The van der Waals surface area contributed by atoms with Gasteiger partial charge in [0.15, 0.2) is 11.9 Å². The Kier molecular flexibility index (Phi) is 6.87. The van der Waals surface area contributed by atoms with Crippen molar-refractivity contribution in [2.24, 2.45) is 0 Å². The van der Waals surface area contributed by atoms with Gasteiger partial charge in [0, 0.05) is 24.1 Å². The minimum atomic E-state index is -0.645. The minimum Gasteiger partial charge on any atom is -0.455 e. The number of pyridine rings is 1. The molecule has 1 atom stereocenters. The summed E-state index contributed by atoms with van der Waals surface area (Å²) in [6.45, 7) is 7.45. The number of esters is 1. The first-order valence-corrected chi connectivity index (χ1v) is 10.4. The van der Waals surface area contributed by atoms with Crippen molar-refractivity contribution in [2.75, 3.05) is 0 Å². The summed E-state index contributed by atoms with van der Waals surface area (Å²) in [7, 11) is 0. The summed E-state index contributed by atoms with van der Waals surface area (Å²) >= 11 is 1.23. The van der Waals surface area contributed by atoms with Crippen LogP contribution in [-0.4, -0.2) is 20.5 Å². The Morgan fingerprint density at radius 3 is 2.43 bits per heavy atom. The third-order valence-electron chi connectivity index (χ3n) is 4.33. The number of hydrogen-bond donors (Lipinski definition) is 0. The fourth-order valence-electron chi connectivity index (χ4n) is 3.07. The molecule has 0 N–H and O–H groups in total. The van der Waals surface area contributed by atoms with Gasteiger partial charge in [0.25, 0.3) is 0 Å². The van der Waals surface area contributed by atoms with Crippen molar-refractivity contribution < 1.29 is 18.3 Å². The SMILES string of the molecule is CC(=O)OC(C)c1nc(C(C)C)c(Sc2cc(F)cc(F)c2)n1Cc1ccccn1. The highest BCUT2D eigenvalue weighted by Gasteiger charge is 2.25. The smallest absolute Gasteiger partial charge is 0.303 e. The Morgan fingerprint density at radius 1 is 1.17 bits per heavy atom. The zero-order valence-electron chi connectivity index (χ0n) is 17.2. The second kappa shape index (κ2) is 9.38. The van der Waals surface area contributed by atoms with Gasteiger partial charge < -0.3 is 9.30 Å². The van der Waals surface area contributed by atoms with E-state index in [1.165, 1.54) is 30.8 Å². The third-order valence-corrected chi connectivity index (χ3v) is 5.42. The number of imidazole rings is 1. The third kappa shape index (κ3) is 5.24. The first-order chi connectivity index (χ1) is 14.2. The zero-order chi connectivity index (χ0) is 21.8. The molecule has 2 heterocycles. The van der Waals surface area contributed by atoms with Gasteiger partial charge in [-0.25, -0.2) is 13.8 Å². The Bertz CT molecular complexity index is 1020. The van der Waals surface area contributed by atoms with Gasteiger partial charge in [-0.05, 0) is 37.1 Å². The Hall–Kier alpha value is -2.74. The lowest BCUT2D eigenvalue weighted by molar-refractivity contribution is -0.146. The van der Waals surface area contributed by atoms with Gasteiger partial charge in [-0.3, -0.25) is 9.78 Å². The normalized spacial score (nSPS) is 12.2. The lowest BCUT2D eigenvalue weighted by atomic mass is 10.1. The number of ether oxygens (including phenoxy) is 1. The van der Waals surface area contributed by atoms with Gasteiger partial charge in [-0.15, -0.1) is 0 Å². The largest absolute Gasteiger partial charge is 0.455 e. The molecule has 158 valence electrons. The molecule has 5 nitrogen and oxygen atoms in total. The number of nitrogens with zero attached hydrogens (tertiary/aromatic N) is 3. The second-order valence-electron chi connectivity index (χ2n) is 7.18. The topological polar surface area (TPSA) is 57.0 Å². The van der Waals surface area contributed by atoms with Crippen LogP contribution in [0.3, 0.4) is 0 Å². The molecule has 1 aromatic carbocycles. The van der Waals surface area contributed by atoms with Crippen molar-refractivity contribution in [3.8, 4) is 0 Å². The summed E-state index contributed by atoms with van der Waals surface area (Å²) in [5.41, 5.74) is 1.54. The van der Waals surface area contributed by atoms with Gasteiger partial charge >= 0.3 is 5.97 Å². The van der Waals surface area contributed by atoms with Gasteiger partial charge in [0.2, 0.25) is 0 Å². The van der Waals surface area contributed by atoms with E-state index in [1.54, 1.807) is 13.1 Å². The molecule has 0 amide bonds. The number of halogens is 2. The van der Waals surface area contributed by atoms with Crippen molar-refractivity contribution in [1.29, 1.82) is 0 Å². The molecule has 0 bridgehead atoms. The van der Waals surface area contributed by atoms with Crippen molar-refractivity contribution in [3.05, 3.63) is 71.4 Å². The van der Waals surface area contributed by atoms with Gasteiger partial charge in [-0.2, -0.15) is 0 Å². The molecule has 30 heavy (non-hydrogen) atoms. The van der Waals surface area contributed by atoms with Crippen LogP contribution in [-0.2, 0) is 16.1 Å². The summed E-state index contributed by atoms with van der Waals surface area (Å²) in [5.74, 6) is -1.11. The second-order valence-corrected chi connectivity index (χ2v) is 8.24. The van der Waals surface area contributed by atoms with E-state index in [0.717, 1.165) is 22.5 Å². The molecule has 8 heteroatoms. The van der Waals surface area contributed by atoms with Crippen LogP contribution in [0.2, 0.25) is 0 Å². The summed E-state index contributed by atoms with van der Waals surface area (Å²) in [6, 6.07) is 8.99. The number of aromatic nitrogens is 3. The van der Waals surface area contributed by atoms with Crippen LogP contribution >= 0.6 is 11.8 Å². The molecule has 0 radical (unpaired) electrons. The van der Waals surface area contributed by atoms with E-state index in [-0.39, 0.29) is 5.92 Å². The summed E-state index contributed by atoms with van der Waals surface area (Å²) in [6.07, 6.45) is 1.10. The molecule has 3 aromatic rings. The monoisotopic (exact) mass is 431 g/mol. The summed E-state index contributed by atoms with van der Waals surface area (Å²) in [4.78, 5) is 21.1. The molecule has 0 aliphatic carbocycles. The van der Waals surface area contributed by atoms with E-state index in [9.17, 15) is 13.6 Å². The molecule has 0 aliphatic heterocycles. The standard InChI is InChI=1S/C22H23F2N3O2S/c1-13(2)20-22(30-19-10-16(23)9-17(24)11-19)27(12-18-7-5-6-8-25-18)21(26-20)14(3)29-15(4)28/h5-11,13-14H,12H2,1-4H3. The van der Waals surface area contributed by atoms with Crippen LogP contribution in [0.5, 0.6) is 0 Å². The molecule has 3 rings (SSSR count). The predicted octanol–water partition coefficient (Wildman–Crippen LogP) is 5.50. The van der Waals surface area contributed by atoms with E-state index >= 15 is 0 Å². The summed E-state index contributed by atoms with van der Waals surface area (Å²) < 4.78 is 34.8. The average Bonchev–Trinajstić information content (AvgIpc) is 3.00. The first-order valence-electron chi connectivity index (χ1n) is 9.56. The Morgan fingerprint density at radius 2 is 1.87 bits per heavy atom. The zero-order valence-corrected chi connectivity index (χ0v) is 18.0. The fourth-order valence-corrected chi connectivity index (χ4v) is 4.30. The predicted molar refractivity (Wildman–Crippen MR) is 110 cm³/mol. The Labute approximate surface area is 178 Å². The first kappa shape index (κ1) is 22.0. The molecule has 1 unspecified atom stereocenters. The highest BCUT2D eigenvalue weighted by atomic mass is 32.2. The Balaban J connectivity index is 2.13. The minimum absolute atomic E-state index is 0.0409. The van der Waals surface area contributed by atoms with Crippen LogP contribution in [0.4, 0.5) is 8.78 Å². The molecule has 0 saturated heterocycles. The van der Waals surface area contributed by atoms with E-state index in [2.05, 4.69) is 4.98 Å². The lowest BCUT2D eigenvalue weighted by Crippen LogP contribution is -2.14. The quantitative estimate of drug-likeness (QED) is 0.462. The molecular formula is C22H23F2N3O2S. The van der Waals surface area contributed by atoms with Crippen molar-refractivity contribution >= 4 is 17.7 Å². The maximum Gasteiger partial charge on any atom is 0.303 e. The van der Waals surface area contributed by atoms with Crippen LogP contribution in [0.25, 0.3) is 0 Å². The molecule has 0 spiro atoms. The fraction of sp³-hybridized carbons (Fsp3) is 0.318. The van der Waals surface area contributed by atoms with Gasteiger partial charge in [0.05, 0.1) is 17.9 Å². The van der Waals surface area contributed by atoms with Crippen molar-refractivity contribution in [1.82, 2.24) is 14.5 Å². The van der Waals surface area contributed by atoms with Crippen molar-refractivity contribution in [3.63, 3.8) is 0 Å². The molecular weight excluding hydrogens is 408 g/mol. The molecule has 0 fully saturated rings. The summed E-state index contributed by atoms with van der Waals surface area (Å²) in [5, 5.41) is 0.731. The number of carbonyl (C=O) groups is 1. The van der Waals surface area contributed by atoms with Gasteiger partial charge in [-0.1, -0.05) is 31.7 Å². The number of rotatable bonds is 7. The number of carbonyl (C=O) groups excluding carboxylic acids is 1. The highest BCUT2D eigenvalue weighted by Crippen LogP contribution is 2.37. The van der Waals surface area contributed by atoms with E-state index < -0.39 is 23.7 Å². The molecule has 0 aliphatic rings. The maximum absolute atomic E-state index is 13.8. The number of hydrogen-bond acceptors (Lipinski definition) is 5. The molecule has 2 aromatic heterocycles. The van der Waals surface area contributed by atoms with Crippen molar-refractivity contribution in [2.45, 2.75) is 56.2 Å². The van der Waals surface area contributed by atoms with E-state index in [1.807, 2.05) is 36.6 Å². The van der Waals surface area contributed by atoms with E-state index in [4.69, 9.17) is 9.72 Å². The van der Waals surface area contributed by atoms with E-state index in [0.29, 0.717) is 17.3 Å². The highest BCUT2D eigenvalue weighted by molar-refractivity contribution is 7.99. The lowest BCUT2D eigenvalue weighted by Gasteiger charge is -2.16. The number of benzene rings is 1. The average molecular weight is 432 g/mol. The molecule has 0 saturated carbocycles. The maximum atomic E-state index is 13.8.